The molecule has 0 rings (SSSR count). The first kappa shape index (κ1) is 8.43. The van der Waals surface area contributed by atoms with E-state index in [0.29, 0.717) is 6.54 Å². The van der Waals surface area contributed by atoms with E-state index in [1.54, 1.807) is 0 Å². The lowest BCUT2D eigenvalue weighted by atomic mass is 10.4. The van der Waals surface area contributed by atoms with Gasteiger partial charge in [0.15, 0.2) is 0 Å². The minimum absolute atomic E-state index is 0.202. The molecule has 0 atom stereocenters. The van der Waals surface area contributed by atoms with Crippen molar-refractivity contribution in [2.45, 2.75) is 13.3 Å². The average Bonchev–Trinajstić information content (AvgIpc) is 1.80. The second kappa shape index (κ2) is 5.56. The van der Waals surface area contributed by atoms with Crippen LogP contribution < -0.4 is 5.32 Å². The minimum Gasteiger partial charge on any atom is -0.481 e. The van der Waals surface area contributed by atoms with Crippen molar-refractivity contribution in [3.63, 3.8) is 0 Å². The fourth-order valence-corrected chi connectivity index (χ4v) is 0.442. The molecule has 3 heteroatoms. The predicted molar refractivity (Wildman–Crippen MR) is 35.1 cm³/mol. The first-order chi connectivity index (χ1) is 4.27. The molecular weight excluding hydrogens is 118 g/mol. The van der Waals surface area contributed by atoms with Crippen molar-refractivity contribution in [3.8, 4) is 0 Å². The van der Waals surface area contributed by atoms with Crippen LogP contribution in [-0.4, -0.2) is 24.2 Å². The van der Waals surface area contributed by atoms with E-state index in [1.807, 2.05) is 13.3 Å². The van der Waals surface area contributed by atoms with Crippen molar-refractivity contribution in [1.82, 2.24) is 5.32 Å². The number of carboxylic acids is 1. The molecule has 0 aromatic carbocycles. The van der Waals surface area contributed by atoms with Gasteiger partial charge in [0.1, 0.15) is 0 Å². The number of carbonyl (C=O) groups is 1. The second-order valence-corrected chi connectivity index (χ2v) is 1.76. The van der Waals surface area contributed by atoms with E-state index in [0.717, 1.165) is 6.54 Å². The molecule has 2 N–H and O–H groups in total. The molecule has 0 aliphatic carbocycles. The Morgan fingerprint density at radius 2 is 2.44 bits per heavy atom. The van der Waals surface area contributed by atoms with Gasteiger partial charge < -0.3 is 10.4 Å². The van der Waals surface area contributed by atoms with Crippen LogP contribution >= 0.6 is 0 Å². The van der Waals surface area contributed by atoms with Gasteiger partial charge in [-0.2, -0.15) is 0 Å². The van der Waals surface area contributed by atoms with Gasteiger partial charge in [0.25, 0.3) is 0 Å². The van der Waals surface area contributed by atoms with Crippen molar-refractivity contribution >= 4 is 5.97 Å². The summed E-state index contributed by atoms with van der Waals surface area (Å²) in [4.78, 5) is 9.91. The summed E-state index contributed by atoms with van der Waals surface area (Å²) < 4.78 is 0. The van der Waals surface area contributed by atoms with Crippen molar-refractivity contribution in [2.24, 2.45) is 0 Å². The lowest BCUT2D eigenvalue weighted by Crippen LogP contribution is -2.18. The Morgan fingerprint density at radius 1 is 1.78 bits per heavy atom. The SMILES string of the molecule is C[CH]CNCCC(=O)O. The molecule has 0 bridgehead atoms. The Hall–Kier alpha value is -0.570. The van der Waals surface area contributed by atoms with Gasteiger partial charge in [-0.1, -0.05) is 6.92 Å². The highest BCUT2D eigenvalue weighted by molar-refractivity contribution is 5.66. The maximum Gasteiger partial charge on any atom is 0.304 e. The molecule has 0 aliphatic heterocycles. The molecular formula is C6H12NO2. The van der Waals surface area contributed by atoms with Gasteiger partial charge >= 0.3 is 5.97 Å². The van der Waals surface area contributed by atoms with Crippen LogP contribution in [0.25, 0.3) is 0 Å². The van der Waals surface area contributed by atoms with Gasteiger partial charge in [-0.15, -0.1) is 0 Å². The third-order valence-electron chi connectivity index (χ3n) is 0.864. The predicted octanol–water partition coefficient (Wildman–Crippen LogP) is 0.275. The fraction of sp³-hybridized carbons (Fsp3) is 0.667. The number of rotatable bonds is 5. The smallest absolute Gasteiger partial charge is 0.304 e. The Morgan fingerprint density at radius 3 is 2.89 bits per heavy atom. The molecule has 9 heavy (non-hydrogen) atoms. The zero-order valence-corrected chi connectivity index (χ0v) is 5.55. The molecule has 0 aliphatic rings. The Kier molecular flexibility index (Phi) is 5.21. The molecule has 0 aromatic rings. The molecule has 0 spiro atoms. The van der Waals surface area contributed by atoms with E-state index >= 15 is 0 Å². The highest BCUT2D eigenvalue weighted by atomic mass is 16.4. The number of hydrogen-bond acceptors (Lipinski definition) is 2. The van der Waals surface area contributed by atoms with Crippen molar-refractivity contribution in [3.05, 3.63) is 6.42 Å². The average molecular weight is 130 g/mol. The quantitative estimate of drug-likeness (QED) is 0.525. The van der Waals surface area contributed by atoms with Gasteiger partial charge in [-0.25, -0.2) is 0 Å². The first-order valence-electron chi connectivity index (χ1n) is 2.97. The van der Waals surface area contributed by atoms with Gasteiger partial charge in [0.05, 0.1) is 6.42 Å². The summed E-state index contributed by atoms with van der Waals surface area (Å²) in [5, 5.41) is 11.1. The normalized spacial score (nSPS) is 9.44. The molecule has 53 valence electrons. The Balaban J connectivity index is 2.83. The molecule has 0 heterocycles. The van der Waals surface area contributed by atoms with Crippen LogP contribution in [0.2, 0.25) is 0 Å². The van der Waals surface area contributed by atoms with Crippen LogP contribution in [0.3, 0.4) is 0 Å². The largest absolute Gasteiger partial charge is 0.481 e. The maximum absolute atomic E-state index is 9.91. The van der Waals surface area contributed by atoms with E-state index in [9.17, 15) is 4.79 Å². The van der Waals surface area contributed by atoms with Gasteiger partial charge in [0, 0.05) is 6.54 Å². The zero-order chi connectivity index (χ0) is 7.11. The van der Waals surface area contributed by atoms with Crippen molar-refractivity contribution in [2.75, 3.05) is 13.1 Å². The van der Waals surface area contributed by atoms with Crippen LogP contribution in [0.5, 0.6) is 0 Å². The molecule has 0 fully saturated rings. The van der Waals surface area contributed by atoms with Crippen LogP contribution in [0.1, 0.15) is 13.3 Å². The molecule has 0 aromatic heterocycles. The van der Waals surface area contributed by atoms with E-state index < -0.39 is 5.97 Å². The van der Waals surface area contributed by atoms with Crippen LogP contribution in [0, 0.1) is 6.42 Å². The third kappa shape index (κ3) is 7.43. The van der Waals surface area contributed by atoms with Crippen LogP contribution in [-0.2, 0) is 4.79 Å². The van der Waals surface area contributed by atoms with Crippen molar-refractivity contribution < 1.29 is 9.90 Å². The summed E-state index contributed by atoms with van der Waals surface area (Å²) in [7, 11) is 0. The Labute approximate surface area is 55.1 Å². The number of hydrogen-bond donors (Lipinski definition) is 2. The minimum atomic E-state index is -0.751. The summed E-state index contributed by atoms with van der Waals surface area (Å²) in [6.07, 6.45) is 2.15. The van der Waals surface area contributed by atoms with Crippen molar-refractivity contribution in [1.29, 1.82) is 0 Å². The fourth-order valence-electron chi connectivity index (χ4n) is 0.442. The van der Waals surface area contributed by atoms with Gasteiger partial charge in [-0.05, 0) is 13.0 Å². The molecule has 0 saturated heterocycles. The van der Waals surface area contributed by atoms with E-state index in [-0.39, 0.29) is 6.42 Å². The highest BCUT2D eigenvalue weighted by Crippen LogP contribution is 1.75. The number of carboxylic acid groups (broad SMARTS) is 1. The summed E-state index contributed by atoms with van der Waals surface area (Å²) in [5.74, 6) is -0.751. The number of nitrogens with one attached hydrogen (secondary N) is 1. The maximum atomic E-state index is 9.91. The second-order valence-electron chi connectivity index (χ2n) is 1.76. The zero-order valence-electron chi connectivity index (χ0n) is 5.55. The molecule has 3 nitrogen and oxygen atoms in total. The lowest BCUT2D eigenvalue weighted by molar-refractivity contribution is -0.136. The molecule has 0 saturated carbocycles. The third-order valence-corrected chi connectivity index (χ3v) is 0.864. The molecule has 1 radical (unpaired) electrons. The summed E-state index contributed by atoms with van der Waals surface area (Å²) in [5.41, 5.74) is 0. The summed E-state index contributed by atoms with van der Waals surface area (Å²) in [6.45, 7) is 3.26. The van der Waals surface area contributed by atoms with E-state index in [2.05, 4.69) is 5.32 Å². The monoisotopic (exact) mass is 130 g/mol. The molecule has 0 unspecified atom stereocenters. The van der Waals surface area contributed by atoms with Gasteiger partial charge in [0.2, 0.25) is 0 Å². The summed E-state index contributed by atoms with van der Waals surface area (Å²) >= 11 is 0. The van der Waals surface area contributed by atoms with E-state index in [1.165, 1.54) is 0 Å². The first-order valence-corrected chi connectivity index (χ1v) is 2.97. The van der Waals surface area contributed by atoms with Gasteiger partial charge in [-0.3, -0.25) is 4.79 Å². The molecule has 0 amide bonds. The lowest BCUT2D eigenvalue weighted by Gasteiger charge is -1.96. The number of aliphatic carboxylic acids is 1. The highest BCUT2D eigenvalue weighted by Gasteiger charge is 1.92. The van der Waals surface area contributed by atoms with E-state index in [4.69, 9.17) is 5.11 Å². The van der Waals surface area contributed by atoms with Crippen LogP contribution in [0.4, 0.5) is 0 Å². The Bertz CT molecular complexity index is 83.1. The summed E-state index contributed by atoms with van der Waals surface area (Å²) in [6, 6.07) is 0. The van der Waals surface area contributed by atoms with Crippen LogP contribution in [0.15, 0.2) is 0 Å². The standard InChI is InChI=1S/C6H12NO2/c1-2-4-7-5-3-6(8)9/h2,7H,3-5H2,1H3,(H,8,9). The topological polar surface area (TPSA) is 49.3 Å².